The number of carbonyl (C=O) groups excluding carboxylic acids is 1. The predicted molar refractivity (Wildman–Crippen MR) is 98.1 cm³/mol. The largest absolute Gasteiger partial charge is 0.457 e. The molecule has 1 aromatic heterocycles. The first-order chi connectivity index (χ1) is 12.0. The number of nitrogens with zero attached hydrogens (tertiary/aromatic N) is 2. The molecular formula is C19H16Cl2N2O2. The molecule has 0 aliphatic rings. The lowest BCUT2D eigenvalue weighted by Crippen LogP contribution is -2.07. The van der Waals surface area contributed by atoms with E-state index in [1.807, 2.05) is 42.5 Å². The summed E-state index contributed by atoms with van der Waals surface area (Å²) in [5.41, 5.74) is 2.74. The molecule has 25 heavy (non-hydrogen) atoms. The first-order valence-corrected chi connectivity index (χ1v) is 8.48. The van der Waals surface area contributed by atoms with Crippen molar-refractivity contribution in [2.45, 2.75) is 20.1 Å². The number of benzene rings is 2. The summed E-state index contributed by atoms with van der Waals surface area (Å²) in [7, 11) is 0. The zero-order chi connectivity index (χ0) is 17.8. The number of aryl methyl sites for hydroxylation is 1. The highest BCUT2D eigenvalue weighted by Gasteiger charge is 2.21. The van der Waals surface area contributed by atoms with Gasteiger partial charge in [0.1, 0.15) is 17.3 Å². The third-order valence-corrected chi connectivity index (χ3v) is 4.36. The molecular weight excluding hydrogens is 359 g/mol. The van der Waals surface area contributed by atoms with Crippen LogP contribution >= 0.6 is 23.2 Å². The quantitative estimate of drug-likeness (QED) is 0.596. The Bertz CT molecular complexity index is 874. The highest BCUT2D eigenvalue weighted by atomic mass is 35.5. The molecule has 128 valence electrons. The molecule has 3 aromatic rings. The molecule has 6 heteroatoms. The van der Waals surface area contributed by atoms with Crippen molar-refractivity contribution in [2.75, 3.05) is 0 Å². The molecule has 0 aliphatic carbocycles. The molecule has 0 saturated carbocycles. The van der Waals surface area contributed by atoms with E-state index in [-0.39, 0.29) is 11.8 Å². The Labute approximate surface area is 155 Å². The Morgan fingerprint density at radius 1 is 1.04 bits per heavy atom. The summed E-state index contributed by atoms with van der Waals surface area (Å²) >= 11 is 12.2. The van der Waals surface area contributed by atoms with Crippen LogP contribution in [0.5, 0.6) is 0 Å². The highest BCUT2D eigenvalue weighted by molar-refractivity contribution is 6.32. The van der Waals surface area contributed by atoms with E-state index in [9.17, 15) is 4.79 Å². The molecule has 3 rings (SSSR count). The van der Waals surface area contributed by atoms with Gasteiger partial charge in [-0.25, -0.2) is 9.48 Å². The monoisotopic (exact) mass is 374 g/mol. The Hall–Kier alpha value is -2.30. The van der Waals surface area contributed by atoms with Gasteiger partial charge < -0.3 is 4.74 Å². The Balaban J connectivity index is 1.73. The average Bonchev–Trinajstić information content (AvgIpc) is 2.89. The normalized spacial score (nSPS) is 10.7. The van der Waals surface area contributed by atoms with E-state index >= 15 is 0 Å². The van der Waals surface area contributed by atoms with Crippen LogP contribution in [0.25, 0.3) is 0 Å². The van der Waals surface area contributed by atoms with Crippen LogP contribution in [0.3, 0.4) is 0 Å². The van der Waals surface area contributed by atoms with Gasteiger partial charge in [-0.05, 0) is 30.2 Å². The number of hydrogen-bond acceptors (Lipinski definition) is 3. The zero-order valence-electron chi connectivity index (χ0n) is 13.6. The Morgan fingerprint density at radius 2 is 1.72 bits per heavy atom. The van der Waals surface area contributed by atoms with Crippen molar-refractivity contribution in [3.63, 3.8) is 0 Å². The minimum absolute atomic E-state index is 0.148. The maximum atomic E-state index is 12.4. The summed E-state index contributed by atoms with van der Waals surface area (Å²) in [6, 6.07) is 16.9. The minimum Gasteiger partial charge on any atom is -0.457 e. The first kappa shape index (κ1) is 17.5. The van der Waals surface area contributed by atoms with Crippen molar-refractivity contribution >= 4 is 29.2 Å². The van der Waals surface area contributed by atoms with Crippen molar-refractivity contribution in [3.8, 4) is 0 Å². The molecule has 0 bridgehead atoms. The number of aromatic nitrogens is 2. The van der Waals surface area contributed by atoms with Crippen molar-refractivity contribution < 1.29 is 9.53 Å². The second-order valence-corrected chi connectivity index (χ2v) is 6.39. The standard InChI is InChI=1S/C19H16Cl2N2O2/c1-13-17(19(24)25-12-15-7-9-16(20)10-8-15)18(21)23(22-13)11-14-5-3-2-4-6-14/h2-10H,11-12H2,1H3. The Morgan fingerprint density at radius 3 is 2.40 bits per heavy atom. The van der Waals surface area contributed by atoms with Crippen LogP contribution in [0, 0.1) is 6.92 Å². The summed E-state index contributed by atoms with van der Waals surface area (Å²) in [6.45, 7) is 2.38. The third-order valence-electron chi connectivity index (χ3n) is 3.73. The molecule has 2 aromatic carbocycles. The topological polar surface area (TPSA) is 44.1 Å². The molecule has 0 atom stereocenters. The van der Waals surface area contributed by atoms with Crippen LogP contribution in [-0.4, -0.2) is 15.7 Å². The number of halogens is 2. The van der Waals surface area contributed by atoms with Gasteiger partial charge in [0.25, 0.3) is 0 Å². The van der Waals surface area contributed by atoms with Crippen molar-refractivity contribution in [2.24, 2.45) is 0 Å². The van der Waals surface area contributed by atoms with Gasteiger partial charge in [-0.3, -0.25) is 0 Å². The van der Waals surface area contributed by atoms with Crippen LogP contribution in [0.15, 0.2) is 54.6 Å². The van der Waals surface area contributed by atoms with Crippen LogP contribution in [0.1, 0.15) is 27.2 Å². The molecule has 0 spiro atoms. The fourth-order valence-electron chi connectivity index (χ4n) is 2.45. The summed E-state index contributed by atoms with van der Waals surface area (Å²) < 4.78 is 6.96. The lowest BCUT2D eigenvalue weighted by atomic mass is 10.2. The zero-order valence-corrected chi connectivity index (χ0v) is 15.1. The van der Waals surface area contributed by atoms with Crippen LogP contribution in [-0.2, 0) is 17.9 Å². The van der Waals surface area contributed by atoms with Crippen LogP contribution in [0.2, 0.25) is 10.2 Å². The lowest BCUT2D eigenvalue weighted by molar-refractivity contribution is 0.0472. The summed E-state index contributed by atoms with van der Waals surface area (Å²) in [5.74, 6) is -0.489. The maximum Gasteiger partial charge on any atom is 0.343 e. The smallest absolute Gasteiger partial charge is 0.343 e. The molecule has 0 amide bonds. The summed E-state index contributed by atoms with van der Waals surface area (Å²) in [6.07, 6.45) is 0. The van der Waals surface area contributed by atoms with Gasteiger partial charge in [0.05, 0.1) is 12.2 Å². The predicted octanol–water partition coefficient (Wildman–Crippen LogP) is 4.90. The number of esters is 1. The van der Waals surface area contributed by atoms with Crippen molar-refractivity contribution in [3.05, 3.63) is 87.2 Å². The SMILES string of the molecule is Cc1nn(Cc2ccccc2)c(Cl)c1C(=O)OCc1ccc(Cl)cc1. The van der Waals surface area contributed by atoms with Gasteiger partial charge in [0.2, 0.25) is 0 Å². The average molecular weight is 375 g/mol. The molecule has 0 aliphatic heterocycles. The van der Waals surface area contributed by atoms with Gasteiger partial charge in [0.15, 0.2) is 0 Å². The van der Waals surface area contributed by atoms with E-state index in [1.54, 1.807) is 23.7 Å². The highest BCUT2D eigenvalue weighted by Crippen LogP contribution is 2.22. The van der Waals surface area contributed by atoms with E-state index in [2.05, 4.69) is 5.10 Å². The summed E-state index contributed by atoms with van der Waals surface area (Å²) in [4.78, 5) is 12.4. The van der Waals surface area contributed by atoms with Gasteiger partial charge in [-0.1, -0.05) is 65.7 Å². The Kier molecular flexibility index (Phi) is 5.41. The number of rotatable bonds is 5. The second kappa shape index (κ2) is 7.72. The van der Waals surface area contributed by atoms with E-state index in [1.165, 1.54) is 0 Å². The number of ether oxygens (including phenoxy) is 1. The molecule has 1 heterocycles. The van der Waals surface area contributed by atoms with Gasteiger partial charge >= 0.3 is 5.97 Å². The van der Waals surface area contributed by atoms with E-state index in [0.29, 0.717) is 22.8 Å². The molecule has 0 fully saturated rings. The van der Waals surface area contributed by atoms with Crippen LogP contribution < -0.4 is 0 Å². The molecule has 0 saturated heterocycles. The van der Waals surface area contributed by atoms with Gasteiger partial charge in [-0.15, -0.1) is 0 Å². The molecule has 0 unspecified atom stereocenters. The van der Waals surface area contributed by atoms with Crippen molar-refractivity contribution in [1.29, 1.82) is 0 Å². The van der Waals surface area contributed by atoms with Crippen molar-refractivity contribution in [1.82, 2.24) is 9.78 Å². The first-order valence-electron chi connectivity index (χ1n) is 7.73. The van der Waals surface area contributed by atoms with E-state index in [4.69, 9.17) is 27.9 Å². The number of carbonyl (C=O) groups is 1. The summed E-state index contributed by atoms with van der Waals surface area (Å²) in [5, 5.41) is 5.27. The van der Waals surface area contributed by atoms with Gasteiger partial charge in [-0.2, -0.15) is 5.10 Å². The van der Waals surface area contributed by atoms with E-state index < -0.39 is 5.97 Å². The molecule has 0 N–H and O–H groups in total. The fourth-order valence-corrected chi connectivity index (χ4v) is 2.89. The maximum absolute atomic E-state index is 12.4. The second-order valence-electron chi connectivity index (χ2n) is 5.60. The van der Waals surface area contributed by atoms with E-state index in [0.717, 1.165) is 11.1 Å². The molecule has 4 nitrogen and oxygen atoms in total. The minimum atomic E-state index is -0.489. The van der Waals surface area contributed by atoms with Gasteiger partial charge in [0, 0.05) is 5.02 Å². The van der Waals surface area contributed by atoms with Crippen LogP contribution in [0.4, 0.5) is 0 Å². The lowest BCUT2D eigenvalue weighted by Gasteiger charge is -2.06. The third kappa shape index (κ3) is 4.21. The molecule has 0 radical (unpaired) electrons. The number of hydrogen-bond donors (Lipinski definition) is 0. The fraction of sp³-hybridized carbons (Fsp3) is 0.158.